The summed E-state index contributed by atoms with van der Waals surface area (Å²) >= 11 is 1.54. The maximum Gasteiger partial charge on any atom is 0.248 e. The molecular weight excluding hydrogens is 324 g/mol. The first-order chi connectivity index (χ1) is 11.7. The standard InChI is InChI=1S/C18H16N2O3S/c1-22-12-7-8-15(23-2)14(11-12)19-17(21)9-10-18-20-13-5-3-4-6-16(13)24-18/h3-11H,1-2H3,(H,19,21). The number of nitrogens with one attached hydrogen (secondary N) is 1. The molecule has 0 aliphatic rings. The summed E-state index contributed by atoms with van der Waals surface area (Å²) in [6.07, 6.45) is 3.16. The van der Waals surface area contributed by atoms with Crippen molar-refractivity contribution in [1.82, 2.24) is 4.98 Å². The van der Waals surface area contributed by atoms with Gasteiger partial charge >= 0.3 is 0 Å². The molecular formula is C18H16N2O3S. The number of hydrogen-bond donors (Lipinski definition) is 1. The van der Waals surface area contributed by atoms with Crippen LogP contribution in [0, 0.1) is 0 Å². The molecule has 0 unspecified atom stereocenters. The number of anilines is 1. The Hall–Kier alpha value is -2.86. The van der Waals surface area contributed by atoms with Gasteiger partial charge in [0, 0.05) is 12.1 Å². The largest absolute Gasteiger partial charge is 0.497 e. The third-order valence-corrected chi connectivity index (χ3v) is 4.35. The molecule has 0 atom stereocenters. The fourth-order valence-corrected chi connectivity index (χ4v) is 3.06. The van der Waals surface area contributed by atoms with Crippen molar-refractivity contribution in [2.75, 3.05) is 19.5 Å². The zero-order chi connectivity index (χ0) is 16.9. The zero-order valence-corrected chi connectivity index (χ0v) is 14.1. The van der Waals surface area contributed by atoms with Crippen molar-refractivity contribution < 1.29 is 14.3 Å². The molecule has 3 aromatic rings. The van der Waals surface area contributed by atoms with E-state index in [1.54, 1.807) is 38.5 Å². The minimum Gasteiger partial charge on any atom is -0.497 e. The molecule has 24 heavy (non-hydrogen) atoms. The molecule has 0 saturated carbocycles. The van der Waals surface area contributed by atoms with Crippen LogP contribution in [0.4, 0.5) is 5.69 Å². The Kier molecular flexibility index (Phi) is 4.77. The number of aromatic nitrogens is 1. The van der Waals surface area contributed by atoms with Crippen molar-refractivity contribution in [2.24, 2.45) is 0 Å². The number of rotatable bonds is 5. The van der Waals surface area contributed by atoms with Crippen LogP contribution in [0.25, 0.3) is 16.3 Å². The van der Waals surface area contributed by atoms with Gasteiger partial charge in [-0.05, 0) is 30.3 Å². The number of amides is 1. The molecule has 0 radical (unpaired) electrons. The summed E-state index contributed by atoms with van der Waals surface area (Å²) in [6, 6.07) is 13.1. The van der Waals surface area contributed by atoms with Crippen LogP contribution in [0.5, 0.6) is 11.5 Å². The molecule has 0 saturated heterocycles. The quantitative estimate of drug-likeness (QED) is 0.714. The van der Waals surface area contributed by atoms with Gasteiger partial charge in [0.15, 0.2) is 0 Å². The van der Waals surface area contributed by atoms with Crippen molar-refractivity contribution in [3.63, 3.8) is 0 Å². The van der Waals surface area contributed by atoms with Crippen LogP contribution < -0.4 is 14.8 Å². The average molecular weight is 340 g/mol. The fraction of sp³-hybridized carbons (Fsp3) is 0.111. The molecule has 1 heterocycles. The second-order valence-corrected chi connectivity index (χ2v) is 5.97. The molecule has 122 valence electrons. The number of methoxy groups -OCH3 is 2. The van der Waals surface area contributed by atoms with Crippen LogP contribution in [-0.2, 0) is 4.79 Å². The molecule has 2 aromatic carbocycles. The smallest absolute Gasteiger partial charge is 0.248 e. The van der Waals surface area contributed by atoms with Crippen LogP contribution in [0.15, 0.2) is 48.5 Å². The Morgan fingerprint density at radius 2 is 2.00 bits per heavy atom. The average Bonchev–Trinajstić information content (AvgIpc) is 3.03. The van der Waals surface area contributed by atoms with E-state index in [2.05, 4.69) is 10.3 Å². The van der Waals surface area contributed by atoms with Crippen LogP contribution in [0.3, 0.4) is 0 Å². The number of benzene rings is 2. The van der Waals surface area contributed by atoms with Crippen LogP contribution in [-0.4, -0.2) is 25.1 Å². The highest BCUT2D eigenvalue weighted by Crippen LogP contribution is 2.29. The van der Waals surface area contributed by atoms with Crippen molar-refractivity contribution >= 4 is 39.2 Å². The Bertz CT molecular complexity index is 869. The number of fused-ring (bicyclic) bond motifs is 1. The summed E-state index contributed by atoms with van der Waals surface area (Å²) < 4.78 is 11.5. The molecule has 1 aromatic heterocycles. The third kappa shape index (κ3) is 3.55. The van der Waals surface area contributed by atoms with Gasteiger partial charge in [-0.15, -0.1) is 11.3 Å². The monoisotopic (exact) mass is 340 g/mol. The summed E-state index contributed by atoms with van der Waals surface area (Å²) in [5.74, 6) is 0.944. The van der Waals surface area contributed by atoms with Crippen LogP contribution in [0.1, 0.15) is 5.01 Å². The van der Waals surface area contributed by atoms with E-state index in [0.29, 0.717) is 17.2 Å². The summed E-state index contributed by atoms with van der Waals surface area (Å²) in [4.78, 5) is 16.6. The Morgan fingerprint density at radius 3 is 2.75 bits per heavy atom. The number of carbonyl (C=O) groups excluding carboxylic acids is 1. The Morgan fingerprint density at radius 1 is 1.17 bits per heavy atom. The number of ether oxygens (including phenoxy) is 2. The van der Waals surface area contributed by atoms with Gasteiger partial charge in [0.1, 0.15) is 16.5 Å². The summed E-state index contributed by atoms with van der Waals surface area (Å²) in [5, 5.41) is 3.57. The van der Waals surface area contributed by atoms with Crippen molar-refractivity contribution in [3.05, 3.63) is 53.5 Å². The fourth-order valence-electron chi connectivity index (χ4n) is 2.19. The van der Waals surface area contributed by atoms with Gasteiger partial charge in [-0.2, -0.15) is 0 Å². The molecule has 6 heteroatoms. The van der Waals surface area contributed by atoms with E-state index in [1.807, 2.05) is 24.3 Å². The summed E-state index contributed by atoms with van der Waals surface area (Å²) in [5.41, 5.74) is 1.48. The predicted molar refractivity (Wildman–Crippen MR) is 96.8 cm³/mol. The van der Waals surface area contributed by atoms with E-state index in [-0.39, 0.29) is 5.91 Å². The lowest BCUT2D eigenvalue weighted by Crippen LogP contribution is -2.09. The van der Waals surface area contributed by atoms with E-state index < -0.39 is 0 Å². The molecule has 1 N–H and O–H groups in total. The van der Waals surface area contributed by atoms with E-state index >= 15 is 0 Å². The van der Waals surface area contributed by atoms with Gasteiger partial charge < -0.3 is 14.8 Å². The lowest BCUT2D eigenvalue weighted by molar-refractivity contribution is -0.111. The van der Waals surface area contributed by atoms with Gasteiger partial charge in [-0.25, -0.2) is 4.98 Å². The summed E-state index contributed by atoms with van der Waals surface area (Å²) in [6.45, 7) is 0. The third-order valence-electron chi connectivity index (χ3n) is 3.35. The Labute approximate surface area is 143 Å². The van der Waals surface area contributed by atoms with Gasteiger partial charge in [0.2, 0.25) is 5.91 Å². The molecule has 0 aliphatic carbocycles. The van der Waals surface area contributed by atoms with E-state index in [1.165, 1.54) is 17.4 Å². The zero-order valence-electron chi connectivity index (χ0n) is 13.3. The maximum atomic E-state index is 12.2. The lowest BCUT2D eigenvalue weighted by Gasteiger charge is -2.10. The first kappa shape index (κ1) is 16.0. The first-order valence-electron chi connectivity index (χ1n) is 7.26. The SMILES string of the molecule is COc1ccc(OC)c(NC(=O)C=Cc2nc3ccccc3s2)c1. The van der Waals surface area contributed by atoms with Gasteiger partial charge in [-0.1, -0.05) is 12.1 Å². The van der Waals surface area contributed by atoms with Crippen molar-refractivity contribution in [1.29, 1.82) is 0 Å². The summed E-state index contributed by atoms with van der Waals surface area (Å²) in [7, 11) is 3.12. The Balaban J connectivity index is 1.75. The predicted octanol–water partition coefficient (Wildman–Crippen LogP) is 3.97. The molecule has 5 nitrogen and oxygen atoms in total. The minimum absolute atomic E-state index is 0.263. The molecule has 3 rings (SSSR count). The normalized spacial score (nSPS) is 10.9. The number of carbonyl (C=O) groups is 1. The highest BCUT2D eigenvalue weighted by molar-refractivity contribution is 7.19. The van der Waals surface area contributed by atoms with Crippen molar-refractivity contribution in [2.45, 2.75) is 0 Å². The van der Waals surface area contributed by atoms with Crippen LogP contribution in [0.2, 0.25) is 0 Å². The second kappa shape index (κ2) is 7.14. The number of thiazole rings is 1. The molecule has 0 aliphatic heterocycles. The van der Waals surface area contributed by atoms with E-state index in [9.17, 15) is 4.79 Å². The van der Waals surface area contributed by atoms with E-state index in [0.717, 1.165) is 15.2 Å². The van der Waals surface area contributed by atoms with Gasteiger partial charge in [0.05, 0.1) is 30.1 Å². The van der Waals surface area contributed by atoms with Gasteiger partial charge in [0.25, 0.3) is 0 Å². The van der Waals surface area contributed by atoms with Crippen LogP contribution >= 0.6 is 11.3 Å². The number of nitrogens with zero attached hydrogens (tertiary/aromatic N) is 1. The lowest BCUT2D eigenvalue weighted by atomic mass is 10.2. The van der Waals surface area contributed by atoms with Crippen molar-refractivity contribution in [3.8, 4) is 11.5 Å². The highest BCUT2D eigenvalue weighted by atomic mass is 32.1. The molecule has 0 fully saturated rings. The molecule has 0 bridgehead atoms. The number of para-hydroxylation sites is 1. The first-order valence-corrected chi connectivity index (χ1v) is 8.08. The number of hydrogen-bond acceptors (Lipinski definition) is 5. The molecule has 1 amide bonds. The topological polar surface area (TPSA) is 60.5 Å². The maximum absolute atomic E-state index is 12.2. The minimum atomic E-state index is -0.263. The van der Waals surface area contributed by atoms with E-state index in [4.69, 9.17) is 9.47 Å². The second-order valence-electron chi connectivity index (χ2n) is 4.91. The highest BCUT2D eigenvalue weighted by Gasteiger charge is 2.07. The molecule has 0 spiro atoms. The van der Waals surface area contributed by atoms with Gasteiger partial charge in [-0.3, -0.25) is 4.79 Å².